The Hall–Kier alpha value is -2.94. The molecule has 0 spiro atoms. The van der Waals surface area contributed by atoms with Crippen LogP contribution in [0.15, 0.2) is 78.9 Å². The smallest absolute Gasteiger partial charge is 0.220 e. The van der Waals surface area contributed by atoms with Gasteiger partial charge in [0.15, 0.2) is 0 Å². The Morgan fingerprint density at radius 2 is 1.52 bits per heavy atom. The van der Waals surface area contributed by atoms with Crippen molar-refractivity contribution in [1.82, 2.24) is 5.32 Å². The maximum atomic E-state index is 13.1. The highest BCUT2D eigenvalue weighted by Crippen LogP contribution is 2.19. The van der Waals surface area contributed by atoms with Crippen LogP contribution in [0.3, 0.4) is 0 Å². The largest absolute Gasteiger partial charge is 0.352 e. The average Bonchev–Trinajstić information content (AvgIpc) is 2.71. The number of benzene rings is 3. The van der Waals surface area contributed by atoms with E-state index in [2.05, 4.69) is 29.6 Å². The van der Waals surface area contributed by atoms with Gasteiger partial charge in [0.2, 0.25) is 5.91 Å². The average molecular weight is 361 g/mol. The van der Waals surface area contributed by atoms with Gasteiger partial charge in [-0.1, -0.05) is 66.7 Å². The van der Waals surface area contributed by atoms with Gasteiger partial charge in [0.1, 0.15) is 5.82 Å². The summed E-state index contributed by atoms with van der Waals surface area (Å²) in [5.41, 5.74) is 4.42. The zero-order valence-electron chi connectivity index (χ0n) is 15.3. The van der Waals surface area contributed by atoms with E-state index in [1.54, 1.807) is 12.1 Å². The third kappa shape index (κ3) is 6.07. The topological polar surface area (TPSA) is 29.1 Å². The van der Waals surface area contributed by atoms with Crippen LogP contribution in [0.4, 0.5) is 4.39 Å². The van der Waals surface area contributed by atoms with E-state index in [0.29, 0.717) is 13.0 Å². The Labute approximate surface area is 160 Å². The van der Waals surface area contributed by atoms with Gasteiger partial charge in [-0.15, -0.1) is 0 Å². The third-order valence-electron chi connectivity index (χ3n) is 4.56. The molecule has 0 aliphatic rings. The summed E-state index contributed by atoms with van der Waals surface area (Å²) in [6.07, 6.45) is 2.97. The molecule has 0 radical (unpaired) electrons. The second-order valence-corrected chi connectivity index (χ2v) is 6.68. The number of hydrogen-bond acceptors (Lipinski definition) is 1. The molecule has 0 atom stereocenters. The zero-order valence-corrected chi connectivity index (χ0v) is 15.3. The van der Waals surface area contributed by atoms with Crippen molar-refractivity contribution in [3.8, 4) is 11.1 Å². The Morgan fingerprint density at radius 1 is 0.778 bits per heavy atom. The summed E-state index contributed by atoms with van der Waals surface area (Å²) in [4.78, 5) is 12.0. The Morgan fingerprint density at radius 3 is 2.26 bits per heavy atom. The van der Waals surface area contributed by atoms with Gasteiger partial charge in [-0.25, -0.2) is 4.39 Å². The molecule has 3 aromatic rings. The van der Waals surface area contributed by atoms with E-state index in [0.717, 1.165) is 30.4 Å². The number of nitrogens with one attached hydrogen (secondary N) is 1. The molecule has 0 bridgehead atoms. The molecule has 1 amide bonds. The predicted octanol–water partition coefficient (Wildman–Crippen LogP) is 5.52. The van der Waals surface area contributed by atoms with Gasteiger partial charge in [0.05, 0.1) is 0 Å². The van der Waals surface area contributed by atoms with Crippen LogP contribution in [-0.2, 0) is 17.8 Å². The summed E-state index contributed by atoms with van der Waals surface area (Å²) >= 11 is 0. The van der Waals surface area contributed by atoms with Gasteiger partial charge in [-0.3, -0.25) is 4.79 Å². The SMILES string of the molecule is O=C(CCCCc1cccc(F)c1)NCc1ccc(-c2ccccc2)cc1. The molecule has 27 heavy (non-hydrogen) atoms. The molecule has 3 rings (SSSR count). The minimum atomic E-state index is -0.205. The Kier molecular flexibility index (Phi) is 6.75. The third-order valence-corrected chi connectivity index (χ3v) is 4.56. The summed E-state index contributed by atoms with van der Waals surface area (Å²) in [7, 11) is 0. The van der Waals surface area contributed by atoms with E-state index >= 15 is 0 Å². The van der Waals surface area contributed by atoms with Crippen molar-refractivity contribution in [2.45, 2.75) is 32.2 Å². The second kappa shape index (κ2) is 9.67. The molecular formula is C24H24FNO. The van der Waals surface area contributed by atoms with Crippen LogP contribution < -0.4 is 5.32 Å². The van der Waals surface area contributed by atoms with Crippen molar-refractivity contribution in [2.24, 2.45) is 0 Å². The normalized spacial score (nSPS) is 10.6. The van der Waals surface area contributed by atoms with Crippen molar-refractivity contribution in [3.63, 3.8) is 0 Å². The highest BCUT2D eigenvalue weighted by atomic mass is 19.1. The van der Waals surface area contributed by atoms with E-state index in [9.17, 15) is 9.18 Å². The second-order valence-electron chi connectivity index (χ2n) is 6.68. The van der Waals surface area contributed by atoms with E-state index < -0.39 is 0 Å². The molecule has 3 heteroatoms. The van der Waals surface area contributed by atoms with Gasteiger partial charge in [0, 0.05) is 13.0 Å². The number of amides is 1. The van der Waals surface area contributed by atoms with Crippen molar-refractivity contribution >= 4 is 5.91 Å². The number of aryl methyl sites for hydroxylation is 1. The monoisotopic (exact) mass is 361 g/mol. The van der Waals surface area contributed by atoms with Gasteiger partial charge in [0.25, 0.3) is 0 Å². The lowest BCUT2D eigenvalue weighted by Crippen LogP contribution is -2.22. The van der Waals surface area contributed by atoms with Gasteiger partial charge in [-0.2, -0.15) is 0 Å². The highest BCUT2D eigenvalue weighted by molar-refractivity contribution is 5.75. The molecule has 1 N–H and O–H groups in total. The molecule has 0 aliphatic carbocycles. The first-order valence-corrected chi connectivity index (χ1v) is 9.36. The molecular weight excluding hydrogens is 337 g/mol. The summed E-state index contributed by atoms with van der Waals surface area (Å²) < 4.78 is 13.1. The van der Waals surface area contributed by atoms with E-state index in [4.69, 9.17) is 0 Å². The van der Waals surface area contributed by atoms with Crippen LogP contribution in [0.25, 0.3) is 11.1 Å². The van der Waals surface area contributed by atoms with Gasteiger partial charge in [-0.05, 0) is 53.6 Å². The van der Waals surface area contributed by atoms with Crippen LogP contribution in [0, 0.1) is 5.82 Å². The summed E-state index contributed by atoms with van der Waals surface area (Å²) in [5.74, 6) is -0.148. The minimum absolute atomic E-state index is 0.0568. The van der Waals surface area contributed by atoms with Gasteiger partial charge < -0.3 is 5.32 Å². The quantitative estimate of drug-likeness (QED) is 0.526. The van der Waals surface area contributed by atoms with E-state index in [-0.39, 0.29) is 11.7 Å². The van der Waals surface area contributed by atoms with Crippen molar-refractivity contribution in [1.29, 1.82) is 0 Å². The van der Waals surface area contributed by atoms with Gasteiger partial charge >= 0.3 is 0 Å². The first-order valence-electron chi connectivity index (χ1n) is 9.36. The van der Waals surface area contributed by atoms with E-state index in [1.807, 2.05) is 36.4 Å². The van der Waals surface area contributed by atoms with Crippen LogP contribution in [0.5, 0.6) is 0 Å². The lowest BCUT2D eigenvalue weighted by Gasteiger charge is -2.07. The van der Waals surface area contributed by atoms with Crippen molar-refractivity contribution in [3.05, 3.63) is 95.8 Å². The molecule has 0 unspecified atom stereocenters. The molecule has 0 saturated heterocycles. The number of carbonyl (C=O) groups excluding carboxylic acids is 1. The van der Waals surface area contributed by atoms with Crippen molar-refractivity contribution < 1.29 is 9.18 Å². The number of halogens is 1. The van der Waals surface area contributed by atoms with Crippen molar-refractivity contribution in [2.75, 3.05) is 0 Å². The number of unbranched alkanes of at least 4 members (excludes halogenated alkanes) is 1. The van der Waals surface area contributed by atoms with E-state index in [1.165, 1.54) is 17.2 Å². The summed E-state index contributed by atoms with van der Waals surface area (Å²) in [5, 5.41) is 2.97. The fourth-order valence-corrected chi connectivity index (χ4v) is 3.04. The first kappa shape index (κ1) is 18.8. The minimum Gasteiger partial charge on any atom is -0.352 e. The zero-order chi connectivity index (χ0) is 18.9. The molecule has 0 fully saturated rings. The number of carbonyl (C=O) groups is 1. The maximum Gasteiger partial charge on any atom is 0.220 e. The molecule has 0 aromatic heterocycles. The van der Waals surface area contributed by atoms with Crippen LogP contribution in [0.1, 0.15) is 30.4 Å². The fourth-order valence-electron chi connectivity index (χ4n) is 3.04. The van der Waals surface area contributed by atoms with Crippen LogP contribution >= 0.6 is 0 Å². The summed E-state index contributed by atoms with van der Waals surface area (Å²) in [6, 6.07) is 25.1. The predicted molar refractivity (Wildman–Crippen MR) is 108 cm³/mol. The lowest BCUT2D eigenvalue weighted by atomic mass is 10.0. The van der Waals surface area contributed by atoms with Crippen LogP contribution in [0.2, 0.25) is 0 Å². The fraction of sp³-hybridized carbons (Fsp3) is 0.208. The molecule has 0 heterocycles. The molecule has 0 aliphatic heterocycles. The Balaban J connectivity index is 1.37. The highest BCUT2D eigenvalue weighted by Gasteiger charge is 2.03. The standard InChI is InChI=1S/C24H24FNO/c25-23-11-6-8-19(17-23)7-4-5-12-24(27)26-18-20-13-15-22(16-14-20)21-9-2-1-3-10-21/h1-3,6,8-11,13-17H,4-5,7,12,18H2,(H,26,27). The van der Waals surface area contributed by atoms with Crippen LogP contribution in [-0.4, -0.2) is 5.91 Å². The summed E-state index contributed by atoms with van der Waals surface area (Å²) in [6.45, 7) is 0.539. The molecule has 2 nitrogen and oxygen atoms in total. The number of rotatable bonds is 8. The first-order chi connectivity index (χ1) is 13.2. The molecule has 138 valence electrons. The molecule has 0 saturated carbocycles. The number of hydrogen-bond donors (Lipinski definition) is 1. The molecule has 3 aromatic carbocycles. The Bertz CT molecular complexity index is 859. The lowest BCUT2D eigenvalue weighted by molar-refractivity contribution is -0.121. The maximum absolute atomic E-state index is 13.1.